The van der Waals surface area contributed by atoms with Crippen LogP contribution in [-0.2, 0) is 4.79 Å². The van der Waals surface area contributed by atoms with Crippen LogP contribution in [0.3, 0.4) is 0 Å². The van der Waals surface area contributed by atoms with Crippen molar-refractivity contribution < 1.29 is 4.79 Å². The maximum absolute atomic E-state index is 11.6. The second-order valence-electron chi connectivity index (χ2n) is 5.84. The fraction of sp³-hybridized carbons (Fsp3) is 0.500. The number of carbonyl (C=O) groups is 1. The Hall–Kier alpha value is -1.26. The first-order valence-corrected chi connectivity index (χ1v) is 7.18. The predicted molar refractivity (Wildman–Crippen MR) is 75.5 cm³/mol. The molecule has 19 heavy (non-hydrogen) atoms. The number of amides is 1. The minimum Gasteiger partial charge on any atom is -0.367 e. The fourth-order valence-electron chi connectivity index (χ4n) is 3.73. The molecule has 3 unspecified atom stereocenters. The van der Waals surface area contributed by atoms with E-state index in [1.54, 1.807) is 0 Å². The Kier molecular flexibility index (Phi) is 2.35. The summed E-state index contributed by atoms with van der Waals surface area (Å²) in [5.41, 5.74) is 8.51. The van der Waals surface area contributed by atoms with E-state index in [4.69, 9.17) is 17.3 Å². The van der Waals surface area contributed by atoms with Crippen LogP contribution in [0.5, 0.6) is 0 Å². The number of hydrogen-bond acceptors (Lipinski definition) is 3. The Morgan fingerprint density at radius 2 is 2.21 bits per heavy atom. The van der Waals surface area contributed by atoms with E-state index in [0.29, 0.717) is 11.1 Å². The Balaban J connectivity index is 1.75. The van der Waals surface area contributed by atoms with E-state index in [0.717, 1.165) is 29.4 Å². The standard InChI is InChI=1S/C14H16ClN3O/c15-10-4-9-11(17-14(19)13(9)16)5-12(10)18-6-7-1-2-8(18)3-7/h4-5,7-8,13H,1-3,6,16H2,(H,17,19). The van der Waals surface area contributed by atoms with Gasteiger partial charge in [-0.15, -0.1) is 0 Å². The first-order valence-electron chi connectivity index (χ1n) is 6.80. The largest absolute Gasteiger partial charge is 0.367 e. The molecule has 1 aromatic rings. The molecule has 1 saturated carbocycles. The highest BCUT2D eigenvalue weighted by Gasteiger charge is 2.39. The minimum atomic E-state index is -0.587. The molecule has 3 atom stereocenters. The highest BCUT2D eigenvalue weighted by Crippen LogP contribution is 2.45. The second kappa shape index (κ2) is 3.87. The van der Waals surface area contributed by atoms with Crippen molar-refractivity contribution in [2.75, 3.05) is 16.8 Å². The van der Waals surface area contributed by atoms with Gasteiger partial charge in [0.15, 0.2) is 0 Å². The van der Waals surface area contributed by atoms with Crippen LogP contribution in [0.15, 0.2) is 12.1 Å². The van der Waals surface area contributed by atoms with Gasteiger partial charge in [-0.1, -0.05) is 11.6 Å². The molecule has 100 valence electrons. The summed E-state index contributed by atoms with van der Waals surface area (Å²) in [5.74, 6) is 0.664. The molecule has 2 heterocycles. The normalized spacial score (nSPS) is 31.8. The van der Waals surface area contributed by atoms with Gasteiger partial charge in [0.25, 0.3) is 0 Å². The van der Waals surface area contributed by atoms with Gasteiger partial charge in [-0.3, -0.25) is 4.79 Å². The Bertz CT molecular complexity index is 574. The minimum absolute atomic E-state index is 0.147. The first-order chi connectivity index (χ1) is 9.13. The van der Waals surface area contributed by atoms with Crippen LogP contribution in [-0.4, -0.2) is 18.5 Å². The third-order valence-electron chi connectivity index (χ3n) is 4.71. The Morgan fingerprint density at radius 1 is 1.37 bits per heavy atom. The number of nitrogens with one attached hydrogen (secondary N) is 1. The molecule has 0 radical (unpaired) electrons. The van der Waals surface area contributed by atoms with Gasteiger partial charge in [-0.2, -0.15) is 0 Å². The van der Waals surface area contributed by atoms with Gasteiger partial charge < -0.3 is 16.0 Å². The predicted octanol–water partition coefficient (Wildman–Crippen LogP) is 2.28. The SMILES string of the molecule is NC1C(=O)Nc2cc(N3CC4CCC3C4)c(Cl)cc21. The van der Waals surface area contributed by atoms with Crippen LogP contribution in [0.25, 0.3) is 0 Å². The molecule has 0 aromatic heterocycles. The van der Waals surface area contributed by atoms with Gasteiger partial charge in [0.1, 0.15) is 6.04 Å². The molecule has 1 aromatic carbocycles. The zero-order valence-electron chi connectivity index (χ0n) is 10.5. The number of piperidine rings is 1. The number of nitrogens with zero attached hydrogens (tertiary/aromatic N) is 1. The van der Waals surface area contributed by atoms with Crippen LogP contribution >= 0.6 is 11.6 Å². The van der Waals surface area contributed by atoms with Crippen molar-refractivity contribution >= 4 is 28.9 Å². The molecule has 0 spiro atoms. The number of anilines is 2. The van der Waals surface area contributed by atoms with E-state index >= 15 is 0 Å². The number of hydrogen-bond donors (Lipinski definition) is 2. The summed E-state index contributed by atoms with van der Waals surface area (Å²) in [7, 11) is 0. The van der Waals surface area contributed by atoms with Crippen LogP contribution in [0.1, 0.15) is 30.9 Å². The highest BCUT2D eigenvalue weighted by molar-refractivity contribution is 6.33. The lowest BCUT2D eigenvalue weighted by Crippen LogP contribution is -2.32. The molecule has 1 aliphatic carbocycles. The monoisotopic (exact) mass is 277 g/mol. The van der Waals surface area contributed by atoms with Crippen molar-refractivity contribution in [2.24, 2.45) is 11.7 Å². The van der Waals surface area contributed by atoms with Crippen LogP contribution in [0.4, 0.5) is 11.4 Å². The molecular formula is C14H16ClN3O. The summed E-state index contributed by atoms with van der Waals surface area (Å²) >= 11 is 6.40. The molecule has 3 aliphatic rings. The van der Waals surface area contributed by atoms with Gasteiger partial charge in [0, 0.05) is 23.8 Å². The smallest absolute Gasteiger partial charge is 0.245 e. The summed E-state index contributed by atoms with van der Waals surface area (Å²) in [6.07, 6.45) is 3.87. The van der Waals surface area contributed by atoms with Crippen molar-refractivity contribution in [1.82, 2.24) is 0 Å². The van der Waals surface area contributed by atoms with Crippen molar-refractivity contribution in [3.8, 4) is 0 Å². The molecular weight excluding hydrogens is 262 g/mol. The molecule has 4 rings (SSSR count). The van der Waals surface area contributed by atoms with E-state index < -0.39 is 6.04 Å². The van der Waals surface area contributed by atoms with E-state index in [9.17, 15) is 4.79 Å². The number of halogens is 1. The Morgan fingerprint density at radius 3 is 2.89 bits per heavy atom. The third kappa shape index (κ3) is 1.60. The molecule has 5 heteroatoms. The summed E-state index contributed by atoms with van der Waals surface area (Å²) in [5, 5.41) is 3.54. The van der Waals surface area contributed by atoms with E-state index in [2.05, 4.69) is 10.2 Å². The molecule has 1 saturated heterocycles. The topological polar surface area (TPSA) is 58.4 Å². The molecule has 1 amide bonds. The number of carbonyl (C=O) groups excluding carboxylic acids is 1. The number of rotatable bonds is 1. The van der Waals surface area contributed by atoms with Crippen LogP contribution in [0.2, 0.25) is 5.02 Å². The molecule has 2 bridgehead atoms. The highest BCUT2D eigenvalue weighted by atomic mass is 35.5. The van der Waals surface area contributed by atoms with Gasteiger partial charge in [0.05, 0.1) is 10.7 Å². The van der Waals surface area contributed by atoms with E-state index in [1.165, 1.54) is 19.3 Å². The van der Waals surface area contributed by atoms with Crippen molar-refractivity contribution in [1.29, 1.82) is 0 Å². The summed E-state index contributed by atoms with van der Waals surface area (Å²) in [6, 6.07) is 3.87. The maximum Gasteiger partial charge on any atom is 0.245 e. The number of fused-ring (bicyclic) bond motifs is 3. The number of benzene rings is 1. The maximum atomic E-state index is 11.6. The molecule has 2 aliphatic heterocycles. The zero-order chi connectivity index (χ0) is 13.1. The number of nitrogens with two attached hydrogens (primary N) is 1. The third-order valence-corrected chi connectivity index (χ3v) is 5.02. The molecule has 2 fully saturated rings. The van der Waals surface area contributed by atoms with Crippen molar-refractivity contribution in [3.63, 3.8) is 0 Å². The average molecular weight is 278 g/mol. The quantitative estimate of drug-likeness (QED) is 0.828. The lowest BCUT2D eigenvalue weighted by Gasteiger charge is -2.30. The van der Waals surface area contributed by atoms with E-state index in [-0.39, 0.29) is 5.91 Å². The van der Waals surface area contributed by atoms with Gasteiger partial charge in [-0.05, 0) is 37.3 Å². The van der Waals surface area contributed by atoms with E-state index in [1.807, 2.05) is 12.1 Å². The summed E-state index contributed by atoms with van der Waals surface area (Å²) in [6.45, 7) is 1.09. The summed E-state index contributed by atoms with van der Waals surface area (Å²) < 4.78 is 0. The van der Waals surface area contributed by atoms with Gasteiger partial charge in [0.2, 0.25) is 5.91 Å². The second-order valence-corrected chi connectivity index (χ2v) is 6.25. The zero-order valence-corrected chi connectivity index (χ0v) is 11.3. The van der Waals surface area contributed by atoms with Gasteiger partial charge in [-0.25, -0.2) is 0 Å². The average Bonchev–Trinajstić information content (AvgIpc) is 3.06. The van der Waals surface area contributed by atoms with Gasteiger partial charge >= 0.3 is 0 Å². The lowest BCUT2D eigenvalue weighted by molar-refractivity contribution is -0.116. The van der Waals surface area contributed by atoms with Crippen molar-refractivity contribution in [2.45, 2.75) is 31.3 Å². The molecule has 4 nitrogen and oxygen atoms in total. The lowest BCUT2D eigenvalue weighted by atomic mass is 10.1. The first kappa shape index (κ1) is 11.6. The van der Waals surface area contributed by atoms with Crippen LogP contribution < -0.4 is 16.0 Å². The summed E-state index contributed by atoms with van der Waals surface area (Å²) in [4.78, 5) is 14.0. The Labute approximate surface area is 116 Å². The van der Waals surface area contributed by atoms with Crippen LogP contribution in [0, 0.1) is 5.92 Å². The fourth-order valence-corrected chi connectivity index (χ4v) is 4.02. The van der Waals surface area contributed by atoms with Crippen molar-refractivity contribution in [3.05, 3.63) is 22.7 Å². The molecule has 3 N–H and O–H groups in total.